The smallest absolute Gasteiger partial charge is 0.310 e. The molecular weight excluding hydrogens is 254 g/mol. The maximum Gasteiger partial charge on any atom is 0.310 e. The van der Waals surface area contributed by atoms with Gasteiger partial charge in [-0.3, -0.25) is 4.79 Å². The first kappa shape index (κ1) is 13.6. The number of rotatable bonds is 4. The first-order valence-electron chi connectivity index (χ1n) is 7.34. The average Bonchev–Trinajstić information content (AvgIpc) is 2.81. The Bertz CT molecular complexity index is 476. The number of benzene rings is 1. The molecule has 4 heteroatoms. The fourth-order valence-corrected chi connectivity index (χ4v) is 3.52. The normalized spacial score (nSPS) is 33.9. The molecule has 2 heterocycles. The lowest BCUT2D eigenvalue weighted by molar-refractivity contribution is -0.153. The zero-order valence-corrected chi connectivity index (χ0v) is 11.7. The molecule has 2 aliphatic rings. The van der Waals surface area contributed by atoms with Crippen LogP contribution in [0.15, 0.2) is 30.3 Å². The van der Waals surface area contributed by atoms with Crippen molar-refractivity contribution in [2.75, 3.05) is 0 Å². The SMILES string of the molecule is C[C@H](NC1CC2CCC(O2)C1C(=O)O)c1ccccc1. The number of ether oxygens (including phenoxy) is 1. The molecule has 5 atom stereocenters. The van der Waals surface area contributed by atoms with Gasteiger partial charge >= 0.3 is 5.97 Å². The minimum Gasteiger partial charge on any atom is -0.481 e. The van der Waals surface area contributed by atoms with Crippen LogP contribution >= 0.6 is 0 Å². The van der Waals surface area contributed by atoms with Crippen LogP contribution in [0.5, 0.6) is 0 Å². The third-order valence-corrected chi connectivity index (χ3v) is 4.54. The standard InChI is InChI=1S/C16H21NO3/c1-10(11-5-3-2-4-6-11)17-13-9-12-7-8-14(20-12)15(13)16(18)19/h2-6,10,12-15,17H,7-9H2,1H3,(H,18,19)/t10-,12?,13?,14?,15?/m0/s1. The number of carboxylic acids is 1. The highest BCUT2D eigenvalue weighted by Crippen LogP contribution is 2.37. The predicted octanol–water partition coefficient (Wildman–Crippen LogP) is 2.36. The molecule has 0 radical (unpaired) electrons. The topological polar surface area (TPSA) is 58.6 Å². The van der Waals surface area contributed by atoms with Crippen LogP contribution in [0.2, 0.25) is 0 Å². The largest absolute Gasteiger partial charge is 0.481 e. The Balaban J connectivity index is 1.73. The summed E-state index contributed by atoms with van der Waals surface area (Å²) in [6.07, 6.45) is 2.78. The lowest BCUT2D eigenvalue weighted by Gasteiger charge is -2.36. The lowest BCUT2D eigenvalue weighted by Crippen LogP contribution is -2.51. The molecular formula is C16H21NO3. The van der Waals surface area contributed by atoms with Gasteiger partial charge in [0.2, 0.25) is 0 Å². The van der Waals surface area contributed by atoms with Crippen molar-refractivity contribution < 1.29 is 14.6 Å². The molecule has 0 aromatic heterocycles. The molecule has 20 heavy (non-hydrogen) atoms. The van der Waals surface area contributed by atoms with Crippen LogP contribution in [0.1, 0.15) is 37.8 Å². The van der Waals surface area contributed by atoms with Gasteiger partial charge in [-0.2, -0.15) is 0 Å². The van der Waals surface area contributed by atoms with Gasteiger partial charge in [0.25, 0.3) is 0 Å². The Morgan fingerprint density at radius 2 is 2.10 bits per heavy atom. The summed E-state index contributed by atoms with van der Waals surface area (Å²) in [4.78, 5) is 11.6. The van der Waals surface area contributed by atoms with Gasteiger partial charge in [-0.25, -0.2) is 0 Å². The number of carbonyl (C=O) groups is 1. The minimum atomic E-state index is -0.742. The molecule has 2 aliphatic heterocycles. The van der Waals surface area contributed by atoms with E-state index in [1.165, 1.54) is 5.56 Å². The van der Waals surface area contributed by atoms with Crippen molar-refractivity contribution in [2.45, 2.75) is 50.5 Å². The molecule has 4 unspecified atom stereocenters. The minimum absolute atomic E-state index is 0.00560. The van der Waals surface area contributed by atoms with Gasteiger partial charge in [0.15, 0.2) is 0 Å². The Morgan fingerprint density at radius 3 is 2.80 bits per heavy atom. The molecule has 1 aromatic rings. The van der Waals surface area contributed by atoms with Crippen molar-refractivity contribution in [3.63, 3.8) is 0 Å². The molecule has 3 rings (SSSR count). The summed E-state index contributed by atoms with van der Waals surface area (Å²) >= 11 is 0. The highest BCUT2D eigenvalue weighted by molar-refractivity contribution is 5.72. The molecule has 4 nitrogen and oxygen atoms in total. The van der Waals surface area contributed by atoms with E-state index < -0.39 is 11.9 Å². The van der Waals surface area contributed by atoms with E-state index in [2.05, 4.69) is 24.4 Å². The monoisotopic (exact) mass is 275 g/mol. The summed E-state index contributed by atoms with van der Waals surface area (Å²) < 4.78 is 5.77. The van der Waals surface area contributed by atoms with Gasteiger partial charge in [-0.1, -0.05) is 30.3 Å². The van der Waals surface area contributed by atoms with E-state index in [1.54, 1.807) is 0 Å². The van der Waals surface area contributed by atoms with Crippen molar-refractivity contribution in [3.05, 3.63) is 35.9 Å². The first-order valence-corrected chi connectivity index (χ1v) is 7.34. The van der Waals surface area contributed by atoms with Crippen molar-refractivity contribution in [2.24, 2.45) is 5.92 Å². The zero-order chi connectivity index (χ0) is 14.1. The fraction of sp³-hybridized carbons (Fsp3) is 0.562. The van der Waals surface area contributed by atoms with E-state index >= 15 is 0 Å². The van der Waals surface area contributed by atoms with Gasteiger partial charge in [-0.15, -0.1) is 0 Å². The Hall–Kier alpha value is -1.39. The Kier molecular flexibility index (Phi) is 3.76. The molecule has 0 spiro atoms. The van der Waals surface area contributed by atoms with E-state index in [4.69, 9.17) is 4.74 Å². The summed E-state index contributed by atoms with van der Waals surface area (Å²) in [6, 6.07) is 10.3. The van der Waals surface area contributed by atoms with Crippen LogP contribution in [-0.2, 0) is 9.53 Å². The van der Waals surface area contributed by atoms with Crippen molar-refractivity contribution in [1.82, 2.24) is 5.32 Å². The Morgan fingerprint density at radius 1 is 1.35 bits per heavy atom. The van der Waals surface area contributed by atoms with Crippen LogP contribution in [0.3, 0.4) is 0 Å². The second-order valence-corrected chi connectivity index (χ2v) is 5.88. The third kappa shape index (κ3) is 2.58. The molecule has 2 saturated heterocycles. The first-order chi connectivity index (χ1) is 9.65. The average molecular weight is 275 g/mol. The second-order valence-electron chi connectivity index (χ2n) is 5.88. The summed E-state index contributed by atoms with van der Waals surface area (Å²) in [5, 5.41) is 13.0. The molecule has 2 fully saturated rings. The Labute approximate surface area is 119 Å². The van der Waals surface area contributed by atoms with Crippen LogP contribution < -0.4 is 5.32 Å². The van der Waals surface area contributed by atoms with Gasteiger partial charge in [0, 0.05) is 12.1 Å². The quantitative estimate of drug-likeness (QED) is 0.885. The summed E-state index contributed by atoms with van der Waals surface area (Å²) in [5.74, 6) is -1.17. The van der Waals surface area contributed by atoms with Crippen molar-refractivity contribution in [3.8, 4) is 0 Å². The number of fused-ring (bicyclic) bond motifs is 2. The van der Waals surface area contributed by atoms with E-state index in [-0.39, 0.29) is 24.3 Å². The number of aliphatic carboxylic acids is 1. The van der Waals surface area contributed by atoms with Crippen LogP contribution in [0.25, 0.3) is 0 Å². The molecule has 0 aliphatic carbocycles. The second kappa shape index (κ2) is 5.54. The molecule has 0 amide bonds. The highest BCUT2D eigenvalue weighted by Gasteiger charge is 2.46. The van der Waals surface area contributed by atoms with E-state index in [1.807, 2.05) is 18.2 Å². The molecule has 2 bridgehead atoms. The number of hydrogen-bond acceptors (Lipinski definition) is 3. The maximum atomic E-state index is 11.6. The van der Waals surface area contributed by atoms with E-state index in [0.29, 0.717) is 0 Å². The number of nitrogens with one attached hydrogen (secondary N) is 1. The molecule has 108 valence electrons. The molecule has 2 N–H and O–H groups in total. The maximum absolute atomic E-state index is 11.6. The van der Waals surface area contributed by atoms with E-state index in [0.717, 1.165) is 19.3 Å². The van der Waals surface area contributed by atoms with Gasteiger partial charge in [0.1, 0.15) is 0 Å². The molecule has 1 aromatic carbocycles. The van der Waals surface area contributed by atoms with Crippen molar-refractivity contribution >= 4 is 5.97 Å². The third-order valence-electron chi connectivity index (χ3n) is 4.54. The van der Waals surface area contributed by atoms with Crippen LogP contribution in [0.4, 0.5) is 0 Å². The summed E-state index contributed by atoms with van der Waals surface area (Å²) in [5.41, 5.74) is 1.19. The van der Waals surface area contributed by atoms with Crippen LogP contribution in [-0.4, -0.2) is 29.3 Å². The van der Waals surface area contributed by atoms with Gasteiger partial charge in [0.05, 0.1) is 18.1 Å². The van der Waals surface area contributed by atoms with Gasteiger partial charge < -0.3 is 15.2 Å². The number of carboxylic acid groups (broad SMARTS) is 1. The lowest BCUT2D eigenvalue weighted by atomic mass is 9.89. The predicted molar refractivity (Wildman–Crippen MR) is 75.4 cm³/mol. The van der Waals surface area contributed by atoms with Gasteiger partial charge in [-0.05, 0) is 31.7 Å². The highest BCUT2D eigenvalue weighted by atomic mass is 16.5. The molecule has 0 saturated carbocycles. The summed E-state index contributed by atoms with van der Waals surface area (Å²) in [6.45, 7) is 2.09. The zero-order valence-electron chi connectivity index (χ0n) is 11.7. The number of hydrogen-bond donors (Lipinski definition) is 2. The van der Waals surface area contributed by atoms with E-state index in [9.17, 15) is 9.90 Å². The van der Waals surface area contributed by atoms with Crippen molar-refractivity contribution in [1.29, 1.82) is 0 Å². The fourth-order valence-electron chi connectivity index (χ4n) is 3.52. The summed E-state index contributed by atoms with van der Waals surface area (Å²) in [7, 11) is 0. The van der Waals surface area contributed by atoms with Crippen LogP contribution in [0, 0.1) is 5.92 Å².